The van der Waals surface area contributed by atoms with Gasteiger partial charge in [0.25, 0.3) is 0 Å². The molecule has 0 spiro atoms. The Morgan fingerprint density at radius 3 is 2.08 bits per heavy atom. The van der Waals surface area contributed by atoms with Gasteiger partial charge in [0.15, 0.2) is 5.78 Å². The van der Waals surface area contributed by atoms with Gasteiger partial charge in [0.1, 0.15) is 5.92 Å². The molecule has 2 aromatic carbocycles. The summed E-state index contributed by atoms with van der Waals surface area (Å²) in [7, 11) is 1.18. The molecule has 6 heteroatoms. The molecule has 0 saturated heterocycles. The number of methoxy groups -OCH3 is 1. The van der Waals surface area contributed by atoms with Gasteiger partial charge in [0, 0.05) is 5.56 Å². The van der Waals surface area contributed by atoms with E-state index in [1.54, 1.807) is 0 Å². The number of rotatable bonds is 6. The average molecular weight is 364 g/mol. The quantitative estimate of drug-likeness (QED) is 0.427. The predicted molar refractivity (Wildman–Crippen MR) is 90.8 cm³/mol. The van der Waals surface area contributed by atoms with Crippen molar-refractivity contribution < 1.29 is 27.5 Å². The summed E-state index contributed by atoms with van der Waals surface area (Å²) in [6.07, 6.45) is -3.78. The van der Waals surface area contributed by atoms with Crippen molar-refractivity contribution in [1.82, 2.24) is 0 Å². The van der Waals surface area contributed by atoms with E-state index in [1.165, 1.54) is 7.11 Å². The Kier molecular flexibility index (Phi) is 6.18. The fourth-order valence-electron chi connectivity index (χ4n) is 2.59. The van der Waals surface area contributed by atoms with Crippen LogP contribution in [-0.4, -0.2) is 18.9 Å². The molecule has 0 bridgehead atoms. The summed E-state index contributed by atoms with van der Waals surface area (Å²) in [6.45, 7) is 1.95. The number of benzene rings is 2. The Labute approximate surface area is 149 Å². The van der Waals surface area contributed by atoms with Crippen molar-refractivity contribution in [3.8, 4) is 0 Å². The van der Waals surface area contributed by atoms with Crippen molar-refractivity contribution in [3.63, 3.8) is 0 Å². The number of Topliss-reactive ketones (excluding diaryl/α,β-unsaturated/α-hetero) is 1. The fourth-order valence-corrected chi connectivity index (χ4v) is 2.59. The summed E-state index contributed by atoms with van der Waals surface area (Å²) < 4.78 is 42.6. The Morgan fingerprint density at radius 1 is 1.00 bits per heavy atom. The zero-order valence-electron chi connectivity index (χ0n) is 14.5. The standard InChI is InChI=1S/C20H19F3O3/c1-13-3-5-14(6-4-13)7-12-17(19(25)26-2)18(24)15-8-10-16(11-9-15)20(21,22)23/h3-6,8-11,17H,7,12H2,1-2H3. The second-order valence-corrected chi connectivity index (χ2v) is 6.04. The van der Waals surface area contributed by atoms with Crippen LogP contribution < -0.4 is 0 Å². The maximum atomic E-state index is 12.6. The normalized spacial score (nSPS) is 12.5. The van der Waals surface area contributed by atoms with E-state index in [1.807, 2.05) is 31.2 Å². The molecule has 3 nitrogen and oxygen atoms in total. The van der Waals surface area contributed by atoms with E-state index in [0.29, 0.717) is 6.42 Å². The highest BCUT2D eigenvalue weighted by atomic mass is 19.4. The topological polar surface area (TPSA) is 43.4 Å². The second kappa shape index (κ2) is 8.17. The molecule has 0 aliphatic heterocycles. The molecule has 0 N–H and O–H groups in total. The minimum atomic E-state index is -4.48. The molecule has 1 atom stereocenters. The molecule has 0 aromatic heterocycles. The highest BCUT2D eigenvalue weighted by Gasteiger charge is 2.32. The molecule has 2 aromatic rings. The van der Waals surface area contributed by atoms with E-state index in [9.17, 15) is 22.8 Å². The Balaban J connectivity index is 2.16. The zero-order chi connectivity index (χ0) is 19.3. The van der Waals surface area contributed by atoms with Crippen LogP contribution >= 0.6 is 0 Å². The summed E-state index contributed by atoms with van der Waals surface area (Å²) in [5.41, 5.74) is 1.27. The van der Waals surface area contributed by atoms with E-state index in [4.69, 9.17) is 4.74 Å². The van der Waals surface area contributed by atoms with Gasteiger partial charge in [-0.25, -0.2) is 0 Å². The summed E-state index contributed by atoms with van der Waals surface area (Å²) in [4.78, 5) is 24.6. The lowest BCUT2D eigenvalue weighted by Crippen LogP contribution is -2.26. The third-order valence-corrected chi connectivity index (χ3v) is 4.14. The molecule has 0 aliphatic carbocycles. The Morgan fingerprint density at radius 2 is 1.58 bits per heavy atom. The summed E-state index contributed by atoms with van der Waals surface area (Å²) in [5.74, 6) is -2.29. The molecule has 0 heterocycles. The second-order valence-electron chi connectivity index (χ2n) is 6.04. The molecule has 2 rings (SSSR count). The third-order valence-electron chi connectivity index (χ3n) is 4.14. The first-order valence-corrected chi connectivity index (χ1v) is 8.07. The van der Waals surface area contributed by atoms with Crippen molar-refractivity contribution >= 4 is 11.8 Å². The van der Waals surface area contributed by atoms with E-state index in [2.05, 4.69) is 0 Å². The van der Waals surface area contributed by atoms with Gasteiger partial charge in [0.2, 0.25) is 0 Å². The maximum absolute atomic E-state index is 12.6. The van der Waals surface area contributed by atoms with Crippen LogP contribution in [0.1, 0.15) is 33.5 Å². The largest absolute Gasteiger partial charge is 0.468 e. The number of aryl methyl sites for hydroxylation is 2. The van der Waals surface area contributed by atoms with E-state index >= 15 is 0 Å². The number of carbonyl (C=O) groups excluding carboxylic acids is 2. The number of carbonyl (C=O) groups is 2. The lowest BCUT2D eigenvalue weighted by Gasteiger charge is -2.14. The van der Waals surface area contributed by atoms with Gasteiger partial charge in [-0.15, -0.1) is 0 Å². The molecule has 0 amide bonds. The first kappa shape index (κ1) is 19.7. The Bertz CT molecular complexity index is 762. The van der Waals surface area contributed by atoms with Gasteiger partial charge in [0.05, 0.1) is 12.7 Å². The minimum Gasteiger partial charge on any atom is -0.468 e. The highest BCUT2D eigenvalue weighted by molar-refractivity contribution is 6.08. The van der Waals surface area contributed by atoms with Crippen LogP contribution in [0, 0.1) is 12.8 Å². The van der Waals surface area contributed by atoms with Crippen LogP contribution in [-0.2, 0) is 22.1 Å². The number of esters is 1. The van der Waals surface area contributed by atoms with Crippen molar-refractivity contribution in [3.05, 3.63) is 70.8 Å². The van der Waals surface area contributed by atoms with Gasteiger partial charge in [-0.3, -0.25) is 9.59 Å². The molecule has 0 radical (unpaired) electrons. The first-order valence-electron chi connectivity index (χ1n) is 8.07. The van der Waals surface area contributed by atoms with Crippen molar-refractivity contribution in [1.29, 1.82) is 0 Å². The van der Waals surface area contributed by atoms with E-state index in [-0.39, 0.29) is 12.0 Å². The average Bonchev–Trinajstić information content (AvgIpc) is 2.62. The van der Waals surface area contributed by atoms with Crippen molar-refractivity contribution in [2.24, 2.45) is 5.92 Å². The number of hydrogen-bond acceptors (Lipinski definition) is 3. The number of ether oxygens (including phenoxy) is 1. The SMILES string of the molecule is COC(=O)C(CCc1ccc(C)cc1)C(=O)c1ccc(C(F)(F)F)cc1. The molecule has 0 saturated carbocycles. The van der Waals surface area contributed by atoms with Crippen molar-refractivity contribution in [2.45, 2.75) is 25.9 Å². The molecule has 0 fully saturated rings. The van der Waals surface area contributed by atoms with Gasteiger partial charge in [-0.1, -0.05) is 42.0 Å². The van der Waals surface area contributed by atoms with Crippen LogP contribution in [0.15, 0.2) is 48.5 Å². The van der Waals surface area contributed by atoms with Crippen LogP contribution in [0.25, 0.3) is 0 Å². The van der Waals surface area contributed by atoms with Gasteiger partial charge in [-0.05, 0) is 37.5 Å². The van der Waals surface area contributed by atoms with Gasteiger partial charge >= 0.3 is 12.1 Å². The molecule has 0 aliphatic rings. The van der Waals surface area contributed by atoms with Gasteiger partial charge < -0.3 is 4.74 Å². The molecule has 1 unspecified atom stereocenters. The van der Waals surface area contributed by atoms with E-state index < -0.39 is 29.4 Å². The van der Waals surface area contributed by atoms with E-state index in [0.717, 1.165) is 35.4 Å². The lowest BCUT2D eigenvalue weighted by molar-refractivity contribution is -0.144. The van der Waals surface area contributed by atoms with Gasteiger partial charge in [-0.2, -0.15) is 13.2 Å². The zero-order valence-corrected chi connectivity index (χ0v) is 14.5. The highest BCUT2D eigenvalue weighted by Crippen LogP contribution is 2.29. The number of ketones is 1. The predicted octanol–water partition coefficient (Wildman–Crippen LogP) is 4.62. The molecule has 138 valence electrons. The maximum Gasteiger partial charge on any atom is 0.416 e. The first-order chi connectivity index (χ1) is 12.2. The molecular weight excluding hydrogens is 345 g/mol. The van der Waals surface area contributed by atoms with Crippen LogP contribution in [0.5, 0.6) is 0 Å². The van der Waals surface area contributed by atoms with Crippen LogP contribution in [0.3, 0.4) is 0 Å². The van der Waals surface area contributed by atoms with Crippen LogP contribution in [0.4, 0.5) is 13.2 Å². The Hall–Kier alpha value is -2.63. The fraction of sp³-hybridized carbons (Fsp3) is 0.300. The van der Waals surface area contributed by atoms with Crippen molar-refractivity contribution in [2.75, 3.05) is 7.11 Å². The summed E-state index contributed by atoms with van der Waals surface area (Å²) in [6, 6.07) is 11.5. The molecule has 26 heavy (non-hydrogen) atoms. The summed E-state index contributed by atoms with van der Waals surface area (Å²) in [5, 5.41) is 0. The lowest BCUT2D eigenvalue weighted by atomic mass is 9.91. The smallest absolute Gasteiger partial charge is 0.416 e. The number of halogens is 3. The number of alkyl halides is 3. The molecular formula is C20H19F3O3. The van der Waals surface area contributed by atoms with Crippen LogP contribution in [0.2, 0.25) is 0 Å². The third kappa shape index (κ3) is 4.94. The minimum absolute atomic E-state index is 0.0531. The summed E-state index contributed by atoms with van der Waals surface area (Å²) >= 11 is 0. The number of hydrogen-bond donors (Lipinski definition) is 0. The monoisotopic (exact) mass is 364 g/mol.